The molecule has 0 atom stereocenters. The Morgan fingerprint density at radius 1 is 1.22 bits per heavy atom. The second-order valence-electron chi connectivity index (χ2n) is 6.50. The van der Waals surface area contributed by atoms with Crippen molar-refractivity contribution in [3.8, 4) is 11.3 Å². The van der Waals surface area contributed by atoms with Gasteiger partial charge in [-0.15, -0.1) is 11.3 Å². The molecule has 1 amide bonds. The second kappa shape index (κ2) is 8.06. The van der Waals surface area contributed by atoms with Crippen LogP contribution in [0, 0.1) is 0 Å². The largest absolute Gasteiger partial charge is 0.349 e. The van der Waals surface area contributed by atoms with Gasteiger partial charge in [0.25, 0.3) is 5.91 Å². The van der Waals surface area contributed by atoms with E-state index >= 15 is 0 Å². The van der Waals surface area contributed by atoms with Crippen LogP contribution < -0.4 is 10.2 Å². The van der Waals surface area contributed by atoms with E-state index in [2.05, 4.69) is 20.6 Å². The molecule has 0 unspecified atom stereocenters. The Morgan fingerprint density at radius 2 is 2.07 bits per heavy atom. The van der Waals surface area contributed by atoms with Gasteiger partial charge in [0.2, 0.25) is 0 Å². The molecule has 0 aliphatic carbocycles. The van der Waals surface area contributed by atoms with Gasteiger partial charge in [0.1, 0.15) is 0 Å². The van der Waals surface area contributed by atoms with Crippen molar-refractivity contribution in [1.29, 1.82) is 0 Å². The number of carbonyl (C=O) groups excluding carboxylic acids is 1. The molecule has 1 aliphatic rings. The van der Waals surface area contributed by atoms with Crippen molar-refractivity contribution in [3.63, 3.8) is 0 Å². The van der Waals surface area contributed by atoms with Gasteiger partial charge in [0, 0.05) is 53.1 Å². The van der Waals surface area contributed by atoms with E-state index in [0.29, 0.717) is 10.6 Å². The lowest BCUT2D eigenvalue weighted by Crippen LogP contribution is -2.44. The van der Waals surface area contributed by atoms with Gasteiger partial charge in [-0.2, -0.15) is 0 Å². The number of amides is 1. The Balaban J connectivity index is 1.34. The fraction of sp³-hybridized carbons (Fsp3) is 0.250. The third-order valence-corrected chi connectivity index (χ3v) is 5.77. The summed E-state index contributed by atoms with van der Waals surface area (Å²) in [4.78, 5) is 23.6. The third-order valence-electron chi connectivity index (χ3n) is 4.64. The topological polar surface area (TPSA) is 58.1 Å². The smallest absolute Gasteiger partial charge is 0.251 e. The lowest BCUT2D eigenvalue weighted by molar-refractivity contribution is 0.0931. The first-order valence-electron chi connectivity index (χ1n) is 8.86. The highest BCUT2D eigenvalue weighted by molar-refractivity contribution is 7.14. The number of hydrogen-bond acceptors (Lipinski definition) is 5. The monoisotopic (exact) mass is 398 g/mol. The molecule has 27 heavy (non-hydrogen) atoms. The number of pyridine rings is 1. The van der Waals surface area contributed by atoms with Crippen LogP contribution in [-0.2, 0) is 0 Å². The van der Waals surface area contributed by atoms with Crippen molar-refractivity contribution in [2.24, 2.45) is 0 Å². The molecule has 0 bridgehead atoms. The van der Waals surface area contributed by atoms with E-state index in [1.807, 2.05) is 18.3 Å². The molecule has 1 saturated heterocycles. The average molecular weight is 399 g/mol. The Kier molecular flexibility index (Phi) is 5.36. The number of anilines is 1. The number of aromatic nitrogens is 2. The summed E-state index contributed by atoms with van der Waals surface area (Å²) in [5, 5.41) is 6.78. The summed E-state index contributed by atoms with van der Waals surface area (Å²) in [6.07, 6.45) is 5.39. The molecule has 3 heterocycles. The highest BCUT2D eigenvalue weighted by Gasteiger charge is 2.23. The number of nitrogens with zero attached hydrogens (tertiary/aromatic N) is 3. The Labute approximate surface area is 167 Å². The molecule has 0 saturated carbocycles. The maximum Gasteiger partial charge on any atom is 0.251 e. The molecular formula is C20H19ClN4OS. The molecule has 1 aromatic carbocycles. The molecule has 0 spiro atoms. The molecule has 7 heteroatoms. The minimum absolute atomic E-state index is 0.0657. The fourth-order valence-corrected chi connectivity index (χ4v) is 4.25. The minimum atomic E-state index is -0.0657. The van der Waals surface area contributed by atoms with E-state index in [-0.39, 0.29) is 11.9 Å². The summed E-state index contributed by atoms with van der Waals surface area (Å²) in [5.41, 5.74) is 2.59. The van der Waals surface area contributed by atoms with Gasteiger partial charge in [-0.1, -0.05) is 17.7 Å². The molecule has 5 nitrogen and oxygen atoms in total. The number of hydrogen-bond donors (Lipinski definition) is 1. The summed E-state index contributed by atoms with van der Waals surface area (Å²) in [6, 6.07) is 11.2. The second-order valence-corrected chi connectivity index (χ2v) is 7.78. The van der Waals surface area contributed by atoms with E-state index < -0.39 is 0 Å². The third kappa shape index (κ3) is 4.28. The van der Waals surface area contributed by atoms with Crippen molar-refractivity contribution in [2.45, 2.75) is 18.9 Å². The van der Waals surface area contributed by atoms with Crippen LogP contribution in [-0.4, -0.2) is 35.0 Å². The van der Waals surface area contributed by atoms with Gasteiger partial charge in [-0.05, 0) is 43.2 Å². The predicted octanol–water partition coefficient (Wildman–Crippen LogP) is 4.26. The van der Waals surface area contributed by atoms with Crippen LogP contribution >= 0.6 is 22.9 Å². The van der Waals surface area contributed by atoms with Crippen LogP contribution in [0.2, 0.25) is 5.02 Å². The van der Waals surface area contributed by atoms with Gasteiger partial charge >= 0.3 is 0 Å². The highest BCUT2D eigenvalue weighted by atomic mass is 35.5. The van der Waals surface area contributed by atoms with Gasteiger partial charge in [-0.25, -0.2) is 4.98 Å². The fourth-order valence-electron chi connectivity index (χ4n) is 3.17. The van der Waals surface area contributed by atoms with Gasteiger partial charge < -0.3 is 10.2 Å². The maximum atomic E-state index is 12.4. The van der Waals surface area contributed by atoms with Gasteiger partial charge in [0.15, 0.2) is 5.13 Å². The lowest BCUT2D eigenvalue weighted by atomic mass is 10.0. The van der Waals surface area contributed by atoms with Crippen LogP contribution in [0.5, 0.6) is 0 Å². The molecule has 138 valence electrons. The number of nitrogens with one attached hydrogen (secondary N) is 1. The molecule has 0 radical (unpaired) electrons. The average Bonchev–Trinajstić information content (AvgIpc) is 3.19. The molecule has 2 aromatic heterocycles. The van der Waals surface area contributed by atoms with E-state index in [1.54, 1.807) is 41.8 Å². The molecule has 3 aromatic rings. The summed E-state index contributed by atoms with van der Waals surface area (Å²) in [6.45, 7) is 1.75. The van der Waals surface area contributed by atoms with Crippen LogP contribution in [0.1, 0.15) is 23.2 Å². The lowest BCUT2D eigenvalue weighted by Gasteiger charge is -2.32. The molecule has 4 rings (SSSR count). The Hall–Kier alpha value is -2.44. The Morgan fingerprint density at radius 3 is 2.81 bits per heavy atom. The normalized spacial score (nSPS) is 14.9. The molecule has 1 aliphatic heterocycles. The summed E-state index contributed by atoms with van der Waals surface area (Å²) in [7, 11) is 0. The van der Waals surface area contributed by atoms with Crippen molar-refractivity contribution >= 4 is 34.0 Å². The zero-order valence-electron chi connectivity index (χ0n) is 14.6. The minimum Gasteiger partial charge on any atom is -0.349 e. The first kappa shape index (κ1) is 17.9. The van der Waals surface area contributed by atoms with Crippen LogP contribution in [0.3, 0.4) is 0 Å². The predicted molar refractivity (Wildman–Crippen MR) is 109 cm³/mol. The molecule has 1 N–H and O–H groups in total. The summed E-state index contributed by atoms with van der Waals surface area (Å²) in [5.74, 6) is -0.0657. The zero-order chi connectivity index (χ0) is 18.6. The number of thiazole rings is 1. The van der Waals surface area contributed by atoms with Crippen LogP contribution in [0.25, 0.3) is 11.3 Å². The molecule has 1 fully saturated rings. The van der Waals surface area contributed by atoms with Gasteiger partial charge in [0.05, 0.1) is 5.69 Å². The van der Waals surface area contributed by atoms with Crippen molar-refractivity contribution in [2.75, 3.05) is 18.0 Å². The quantitative estimate of drug-likeness (QED) is 0.713. The highest BCUT2D eigenvalue weighted by Crippen LogP contribution is 2.29. The van der Waals surface area contributed by atoms with E-state index in [4.69, 9.17) is 16.6 Å². The standard InChI is InChI=1S/C20H19ClN4OS/c21-16-5-1-3-14(11-16)19(26)23-17-6-9-25(10-7-17)20-24-18(13-27-20)15-4-2-8-22-12-15/h1-5,8,11-13,17H,6-7,9-10H2,(H,23,26). The van der Waals surface area contributed by atoms with E-state index in [9.17, 15) is 4.79 Å². The first-order chi connectivity index (χ1) is 13.2. The number of benzene rings is 1. The van der Waals surface area contributed by atoms with E-state index in [1.165, 1.54) is 0 Å². The van der Waals surface area contributed by atoms with Crippen molar-refractivity contribution < 1.29 is 4.79 Å². The molecular weight excluding hydrogens is 380 g/mol. The summed E-state index contributed by atoms with van der Waals surface area (Å²) >= 11 is 7.62. The maximum absolute atomic E-state index is 12.4. The number of piperidine rings is 1. The number of halogens is 1. The zero-order valence-corrected chi connectivity index (χ0v) is 16.2. The first-order valence-corrected chi connectivity index (χ1v) is 10.1. The van der Waals surface area contributed by atoms with Crippen molar-refractivity contribution in [3.05, 3.63) is 64.8 Å². The van der Waals surface area contributed by atoms with Crippen LogP contribution in [0.15, 0.2) is 54.2 Å². The van der Waals surface area contributed by atoms with Gasteiger partial charge in [-0.3, -0.25) is 9.78 Å². The van der Waals surface area contributed by atoms with E-state index in [0.717, 1.165) is 42.3 Å². The number of rotatable bonds is 4. The number of carbonyl (C=O) groups is 1. The SMILES string of the molecule is O=C(NC1CCN(c2nc(-c3cccnc3)cs2)CC1)c1cccc(Cl)c1. The summed E-state index contributed by atoms with van der Waals surface area (Å²) < 4.78 is 0. The van der Waals surface area contributed by atoms with Crippen LogP contribution in [0.4, 0.5) is 5.13 Å². The van der Waals surface area contributed by atoms with Crippen molar-refractivity contribution in [1.82, 2.24) is 15.3 Å². The Bertz CT molecular complexity index is 922.